The van der Waals surface area contributed by atoms with Gasteiger partial charge in [-0.05, 0) is 75.3 Å². The Morgan fingerprint density at radius 2 is 1.83 bits per heavy atom. The molecule has 1 aromatic heterocycles. The van der Waals surface area contributed by atoms with Crippen molar-refractivity contribution in [1.82, 2.24) is 9.88 Å². The maximum Gasteiger partial charge on any atom is 0.262 e. The van der Waals surface area contributed by atoms with E-state index in [1.54, 1.807) is 6.08 Å². The van der Waals surface area contributed by atoms with E-state index in [1.807, 2.05) is 6.92 Å². The maximum atomic E-state index is 12.8. The normalized spacial score (nSPS) is 19.7. The van der Waals surface area contributed by atoms with E-state index in [9.17, 15) is 10.1 Å². The molecule has 1 amide bonds. The van der Waals surface area contributed by atoms with Gasteiger partial charge in [-0.3, -0.25) is 4.79 Å². The summed E-state index contributed by atoms with van der Waals surface area (Å²) in [5, 5.41) is 12.7. The monoisotopic (exact) mass is 389 g/mol. The first kappa shape index (κ1) is 20.9. The van der Waals surface area contributed by atoms with Gasteiger partial charge in [0.1, 0.15) is 11.6 Å². The minimum Gasteiger partial charge on any atom is -0.348 e. The van der Waals surface area contributed by atoms with Crippen molar-refractivity contribution in [3.05, 3.63) is 57.9 Å². The minimum atomic E-state index is -0.261. The zero-order valence-electron chi connectivity index (χ0n) is 18.2. The van der Waals surface area contributed by atoms with E-state index in [4.69, 9.17) is 0 Å². The van der Waals surface area contributed by atoms with Gasteiger partial charge in [0.15, 0.2) is 0 Å². The van der Waals surface area contributed by atoms with Crippen molar-refractivity contribution < 1.29 is 4.79 Å². The highest BCUT2D eigenvalue weighted by atomic mass is 16.1. The number of carbonyl (C=O) groups excluding carboxylic acids is 1. The van der Waals surface area contributed by atoms with E-state index >= 15 is 0 Å². The van der Waals surface area contributed by atoms with Gasteiger partial charge in [0.25, 0.3) is 5.91 Å². The standard InChI is InChI=1S/C25H31N3O/c1-16-9-6-7-12-23(16)27-25(29)22(15-26)14-21-13-19(4)28(20(21)5)24-17(2)10-8-11-18(24)3/h8,10-11,13-14,16,23H,6-7,9,12H2,1-5H3,(H,27,29)/b22-14+/t16-,23+/m1/s1. The Hall–Kier alpha value is -2.80. The third kappa shape index (κ3) is 4.29. The second-order valence-corrected chi connectivity index (χ2v) is 8.41. The molecule has 1 N–H and O–H groups in total. The van der Waals surface area contributed by atoms with Crippen molar-refractivity contribution in [3.63, 3.8) is 0 Å². The van der Waals surface area contributed by atoms with E-state index in [-0.39, 0.29) is 17.5 Å². The highest BCUT2D eigenvalue weighted by Gasteiger charge is 2.24. The fourth-order valence-corrected chi connectivity index (χ4v) is 4.52. The van der Waals surface area contributed by atoms with Gasteiger partial charge in [-0.25, -0.2) is 0 Å². The summed E-state index contributed by atoms with van der Waals surface area (Å²) < 4.78 is 2.21. The fourth-order valence-electron chi connectivity index (χ4n) is 4.52. The smallest absolute Gasteiger partial charge is 0.262 e. The molecule has 4 nitrogen and oxygen atoms in total. The number of aryl methyl sites for hydroxylation is 3. The molecule has 1 heterocycles. The Labute approximate surface area is 174 Å². The molecule has 1 saturated carbocycles. The van der Waals surface area contributed by atoms with Gasteiger partial charge in [0.2, 0.25) is 0 Å². The lowest BCUT2D eigenvalue weighted by atomic mass is 9.86. The van der Waals surface area contributed by atoms with E-state index in [0.717, 1.165) is 36.2 Å². The molecule has 2 aromatic rings. The Morgan fingerprint density at radius 3 is 2.45 bits per heavy atom. The molecular weight excluding hydrogens is 358 g/mol. The number of carbonyl (C=O) groups is 1. The first-order valence-electron chi connectivity index (χ1n) is 10.5. The van der Waals surface area contributed by atoms with E-state index < -0.39 is 0 Å². The summed E-state index contributed by atoms with van der Waals surface area (Å²) in [5.41, 5.74) is 6.77. The van der Waals surface area contributed by atoms with E-state index in [2.05, 4.69) is 67.9 Å². The molecule has 152 valence electrons. The number of nitriles is 1. The summed E-state index contributed by atoms with van der Waals surface area (Å²) in [6, 6.07) is 10.6. The van der Waals surface area contributed by atoms with Crippen molar-refractivity contribution in [2.45, 2.75) is 66.3 Å². The Morgan fingerprint density at radius 1 is 1.17 bits per heavy atom. The largest absolute Gasteiger partial charge is 0.348 e. The van der Waals surface area contributed by atoms with Crippen LogP contribution < -0.4 is 5.32 Å². The highest BCUT2D eigenvalue weighted by Crippen LogP contribution is 2.28. The van der Waals surface area contributed by atoms with Crippen LogP contribution in [0.15, 0.2) is 29.8 Å². The van der Waals surface area contributed by atoms with Crippen LogP contribution in [0.1, 0.15) is 60.7 Å². The molecule has 1 aliphatic carbocycles. The lowest BCUT2D eigenvalue weighted by Crippen LogP contribution is -2.41. The molecule has 1 aromatic carbocycles. The topological polar surface area (TPSA) is 57.8 Å². The molecule has 0 spiro atoms. The molecule has 4 heteroatoms. The van der Waals surface area contributed by atoms with Crippen LogP contribution in [-0.2, 0) is 4.79 Å². The predicted octanol–water partition coefficient (Wildman–Crippen LogP) is 5.31. The molecule has 29 heavy (non-hydrogen) atoms. The number of hydrogen-bond donors (Lipinski definition) is 1. The number of rotatable bonds is 4. The van der Waals surface area contributed by atoms with Crippen LogP contribution in [0.4, 0.5) is 0 Å². The molecule has 0 radical (unpaired) electrons. The summed E-state index contributed by atoms with van der Waals surface area (Å²) in [6.07, 6.45) is 6.21. The maximum absolute atomic E-state index is 12.8. The minimum absolute atomic E-state index is 0.162. The SMILES string of the molecule is Cc1cccc(C)c1-n1c(C)cc(/C=C(\C#N)C(=O)N[C@H]2CCCC[C@H]2C)c1C. The highest BCUT2D eigenvalue weighted by molar-refractivity contribution is 6.02. The van der Waals surface area contributed by atoms with Crippen LogP contribution in [0.5, 0.6) is 0 Å². The quantitative estimate of drug-likeness (QED) is 0.569. The number of para-hydroxylation sites is 1. The van der Waals surface area contributed by atoms with Crippen molar-refractivity contribution >= 4 is 12.0 Å². The van der Waals surface area contributed by atoms with Crippen LogP contribution in [0.3, 0.4) is 0 Å². The average molecular weight is 390 g/mol. The molecule has 0 bridgehead atoms. The van der Waals surface area contributed by atoms with E-state index in [0.29, 0.717) is 5.92 Å². The van der Waals surface area contributed by atoms with Gasteiger partial charge >= 0.3 is 0 Å². The fraction of sp³-hybridized carbons (Fsp3) is 0.440. The van der Waals surface area contributed by atoms with E-state index in [1.165, 1.54) is 23.2 Å². The Kier molecular flexibility index (Phi) is 6.27. The Bertz CT molecular complexity index is 970. The zero-order chi connectivity index (χ0) is 21.1. The number of nitrogens with one attached hydrogen (secondary N) is 1. The van der Waals surface area contributed by atoms with Crippen LogP contribution in [-0.4, -0.2) is 16.5 Å². The summed E-state index contributed by atoms with van der Waals surface area (Å²) in [6.45, 7) is 10.5. The van der Waals surface area contributed by atoms with Gasteiger partial charge in [0, 0.05) is 17.4 Å². The molecule has 0 aliphatic heterocycles. The molecule has 2 atom stereocenters. The second-order valence-electron chi connectivity index (χ2n) is 8.41. The predicted molar refractivity (Wildman–Crippen MR) is 118 cm³/mol. The molecule has 0 saturated heterocycles. The summed E-state index contributed by atoms with van der Waals surface area (Å²) >= 11 is 0. The van der Waals surface area contributed by atoms with Crippen molar-refractivity contribution in [3.8, 4) is 11.8 Å². The first-order valence-corrected chi connectivity index (χ1v) is 10.5. The van der Waals surface area contributed by atoms with Gasteiger partial charge in [-0.15, -0.1) is 0 Å². The van der Waals surface area contributed by atoms with Crippen LogP contribution in [0, 0.1) is 44.9 Å². The van der Waals surface area contributed by atoms with Crippen molar-refractivity contribution in [2.75, 3.05) is 0 Å². The summed E-state index contributed by atoms with van der Waals surface area (Å²) in [5.74, 6) is 0.199. The second kappa shape index (κ2) is 8.69. The molecule has 1 aliphatic rings. The lowest BCUT2D eigenvalue weighted by molar-refractivity contribution is -0.118. The molecule has 1 fully saturated rings. The average Bonchev–Trinajstić information content (AvgIpc) is 2.95. The van der Waals surface area contributed by atoms with Crippen molar-refractivity contribution in [1.29, 1.82) is 5.26 Å². The molecule has 3 rings (SSSR count). The van der Waals surface area contributed by atoms with Gasteiger partial charge in [-0.2, -0.15) is 5.26 Å². The number of nitrogens with zero attached hydrogens (tertiary/aromatic N) is 2. The number of amides is 1. The summed E-state index contributed by atoms with van der Waals surface area (Å²) in [4.78, 5) is 12.8. The van der Waals surface area contributed by atoms with Crippen LogP contribution in [0.25, 0.3) is 11.8 Å². The Balaban J connectivity index is 1.93. The van der Waals surface area contributed by atoms with Gasteiger partial charge < -0.3 is 9.88 Å². The molecule has 0 unspecified atom stereocenters. The van der Waals surface area contributed by atoms with Crippen molar-refractivity contribution in [2.24, 2.45) is 5.92 Å². The number of aromatic nitrogens is 1. The third-order valence-corrected chi connectivity index (χ3v) is 6.23. The third-order valence-electron chi connectivity index (χ3n) is 6.23. The van der Waals surface area contributed by atoms with Crippen LogP contribution in [0.2, 0.25) is 0 Å². The zero-order valence-corrected chi connectivity index (χ0v) is 18.2. The first-order chi connectivity index (χ1) is 13.8. The van der Waals surface area contributed by atoms with Gasteiger partial charge in [0.05, 0.1) is 5.69 Å². The summed E-state index contributed by atoms with van der Waals surface area (Å²) in [7, 11) is 0. The van der Waals surface area contributed by atoms with Crippen LogP contribution >= 0.6 is 0 Å². The lowest BCUT2D eigenvalue weighted by Gasteiger charge is -2.29. The number of benzene rings is 1. The van der Waals surface area contributed by atoms with Gasteiger partial charge in [-0.1, -0.05) is 38.0 Å². The molecular formula is C25H31N3O. The number of hydrogen-bond acceptors (Lipinski definition) is 2.